The van der Waals surface area contributed by atoms with E-state index >= 15 is 0 Å². The Morgan fingerprint density at radius 3 is 2.00 bits per heavy atom. The van der Waals surface area contributed by atoms with E-state index in [0.29, 0.717) is 24.3 Å². The molecule has 2 aliphatic heterocycles. The Kier molecular flexibility index (Phi) is 8.75. The predicted octanol–water partition coefficient (Wildman–Crippen LogP) is 4.59. The third-order valence-electron chi connectivity index (χ3n) is 7.34. The quantitative estimate of drug-likeness (QED) is 0.673. The zero-order valence-electron chi connectivity index (χ0n) is 20.8. The summed E-state index contributed by atoms with van der Waals surface area (Å²) in [6, 6.07) is 8.67. The Morgan fingerprint density at radius 1 is 0.906 bits per heavy atom. The van der Waals surface area contributed by atoms with E-state index in [1.807, 2.05) is 0 Å². The first-order chi connectivity index (χ1) is 15.2. The zero-order chi connectivity index (χ0) is 23.3. The van der Waals surface area contributed by atoms with Crippen LogP contribution in [0.1, 0.15) is 83.4 Å². The molecule has 0 aromatic heterocycles. The summed E-state index contributed by atoms with van der Waals surface area (Å²) in [6.07, 6.45) is 3.98. The van der Waals surface area contributed by atoms with Crippen molar-refractivity contribution in [2.24, 2.45) is 17.8 Å². The van der Waals surface area contributed by atoms with E-state index in [2.05, 4.69) is 74.0 Å². The van der Waals surface area contributed by atoms with E-state index in [1.165, 1.54) is 5.56 Å². The summed E-state index contributed by atoms with van der Waals surface area (Å²) in [5, 5.41) is 3.26. The number of benzene rings is 1. The number of carbonyl (C=O) groups is 2. The average Bonchev–Trinajstić information content (AvgIpc) is 2.78. The summed E-state index contributed by atoms with van der Waals surface area (Å²) < 4.78 is 0. The Balaban J connectivity index is 1.47. The van der Waals surface area contributed by atoms with Crippen LogP contribution in [0.4, 0.5) is 0 Å². The fourth-order valence-electron chi connectivity index (χ4n) is 4.97. The normalized spacial score (nSPS) is 20.0. The van der Waals surface area contributed by atoms with Gasteiger partial charge in [0.2, 0.25) is 11.8 Å². The number of amides is 2. The minimum Gasteiger partial charge on any atom is -0.348 e. The summed E-state index contributed by atoms with van der Waals surface area (Å²) >= 11 is 0. The summed E-state index contributed by atoms with van der Waals surface area (Å²) in [6.45, 7) is 14.9. The molecule has 0 radical (unpaired) electrons. The predicted molar refractivity (Wildman–Crippen MR) is 130 cm³/mol. The zero-order valence-corrected chi connectivity index (χ0v) is 20.8. The van der Waals surface area contributed by atoms with Crippen LogP contribution < -0.4 is 5.32 Å². The van der Waals surface area contributed by atoms with Gasteiger partial charge in [-0.15, -0.1) is 0 Å². The van der Waals surface area contributed by atoms with Crippen LogP contribution in [-0.2, 0) is 9.59 Å². The topological polar surface area (TPSA) is 52.7 Å². The van der Waals surface area contributed by atoms with Gasteiger partial charge in [0.05, 0.1) is 12.6 Å². The van der Waals surface area contributed by atoms with Crippen LogP contribution in [0.25, 0.3) is 0 Å². The molecule has 2 saturated heterocycles. The number of nitrogens with one attached hydrogen (secondary N) is 1. The molecule has 1 aromatic carbocycles. The molecular weight excluding hydrogens is 398 g/mol. The molecule has 2 aliphatic rings. The maximum atomic E-state index is 12.9. The summed E-state index contributed by atoms with van der Waals surface area (Å²) in [7, 11) is 0. The lowest BCUT2D eigenvalue weighted by atomic mass is 9.92. The average molecular weight is 442 g/mol. The molecule has 1 aromatic rings. The van der Waals surface area contributed by atoms with Gasteiger partial charge < -0.3 is 10.2 Å². The van der Waals surface area contributed by atoms with Gasteiger partial charge in [-0.05, 0) is 67.7 Å². The van der Waals surface area contributed by atoms with Gasteiger partial charge in [-0.2, -0.15) is 0 Å². The van der Waals surface area contributed by atoms with E-state index in [1.54, 1.807) is 0 Å². The summed E-state index contributed by atoms with van der Waals surface area (Å²) in [5.41, 5.74) is 2.48. The van der Waals surface area contributed by atoms with E-state index in [0.717, 1.165) is 63.3 Å². The van der Waals surface area contributed by atoms with Gasteiger partial charge in [0.25, 0.3) is 0 Å². The molecule has 2 heterocycles. The molecule has 1 atom stereocenters. The Labute approximate surface area is 194 Å². The SMILES string of the molecule is CC1CCN(C(=O)C2CCN(CC(=O)NC(c3ccc(C(C)C)cc3)C(C)C)CC2)CC1. The van der Waals surface area contributed by atoms with Crippen LogP contribution in [0.15, 0.2) is 24.3 Å². The number of hydrogen-bond acceptors (Lipinski definition) is 3. The van der Waals surface area contributed by atoms with Crippen molar-refractivity contribution < 1.29 is 9.59 Å². The molecule has 1 unspecified atom stereocenters. The van der Waals surface area contributed by atoms with E-state index < -0.39 is 0 Å². The first-order valence-electron chi connectivity index (χ1n) is 12.6. The smallest absolute Gasteiger partial charge is 0.234 e. The monoisotopic (exact) mass is 441 g/mol. The van der Waals surface area contributed by atoms with Crippen molar-refractivity contribution in [1.29, 1.82) is 0 Å². The van der Waals surface area contributed by atoms with Gasteiger partial charge in [0, 0.05) is 19.0 Å². The molecule has 5 nitrogen and oxygen atoms in total. The van der Waals surface area contributed by atoms with Crippen molar-refractivity contribution in [1.82, 2.24) is 15.1 Å². The first-order valence-corrected chi connectivity index (χ1v) is 12.6. The van der Waals surface area contributed by atoms with E-state index in [-0.39, 0.29) is 17.9 Å². The molecule has 0 aliphatic carbocycles. The van der Waals surface area contributed by atoms with Crippen LogP contribution >= 0.6 is 0 Å². The lowest BCUT2D eigenvalue weighted by Gasteiger charge is -2.36. The number of hydrogen-bond donors (Lipinski definition) is 1. The van der Waals surface area contributed by atoms with Crippen molar-refractivity contribution in [2.75, 3.05) is 32.7 Å². The highest BCUT2D eigenvalue weighted by Gasteiger charge is 2.31. The van der Waals surface area contributed by atoms with Crippen molar-refractivity contribution in [3.63, 3.8) is 0 Å². The third-order valence-corrected chi connectivity index (χ3v) is 7.34. The molecule has 2 amide bonds. The van der Waals surface area contributed by atoms with Gasteiger partial charge in [-0.25, -0.2) is 0 Å². The van der Waals surface area contributed by atoms with E-state index in [9.17, 15) is 9.59 Å². The second-order valence-corrected chi connectivity index (χ2v) is 10.7. The van der Waals surface area contributed by atoms with Gasteiger partial charge in [-0.3, -0.25) is 14.5 Å². The number of likely N-dealkylation sites (tertiary alicyclic amines) is 2. The Hall–Kier alpha value is -1.88. The highest BCUT2D eigenvalue weighted by atomic mass is 16.2. The van der Waals surface area contributed by atoms with Crippen molar-refractivity contribution in [3.05, 3.63) is 35.4 Å². The lowest BCUT2D eigenvalue weighted by Crippen LogP contribution is -2.47. The third kappa shape index (κ3) is 6.57. The van der Waals surface area contributed by atoms with Gasteiger partial charge in [-0.1, -0.05) is 58.9 Å². The molecule has 0 saturated carbocycles. The minimum atomic E-state index is 0.0179. The van der Waals surface area contributed by atoms with Crippen molar-refractivity contribution in [3.8, 4) is 0 Å². The van der Waals surface area contributed by atoms with Gasteiger partial charge >= 0.3 is 0 Å². The van der Waals surface area contributed by atoms with Crippen LogP contribution in [0.2, 0.25) is 0 Å². The van der Waals surface area contributed by atoms with Crippen molar-refractivity contribution >= 4 is 11.8 Å². The van der Waals surface area contributed by atoms with Crippen LogP contribution in [-0.4, -0.2) is 54.3 Å². The van der Waals surface area contributed by atoms with Crippen LogP contribution in [0, 0.1) is 17.8 Å². The number of piperidine rings is 2. The fourth-order valence-corrected chi connectivity index (χ4v) is 4.97. The van der Waals surface area contributed by atoms with Crippen LogP contribution in [0.5, 0.6) is 0 Å². The first kappa shape index (κ1) is 24.8. The number of carbonyl (C=O) groups excluding carboxylic acids is 2. The fraction of sp³-hybridized carbons (Fsp3) is 0.704. The second kappa shape index (κ2) is 11.3. The molecule has 0 bridgehead atoms. The summed E-state index contributed by atoms with van der Waals surface area (Å²) in [4.78, 5) is 30.0. The standard InChI is InChI=1S/C27H43N3O2/c1-19(2)22-6-8-23(9-7-22)26(20(3)4)28-25(31)18-29-14-12-24(13-15-29)27(32)30-16-10-21(5)11-17-30/h6-9,19-21,24,26H,10-18H2,1-5H3,(H,28,31). The minimum absolute atomic E-state index is 0.0179. The molecule has 0 spiro atoms. The Bertz CT molecular complexity index is 743. The molecular formula is C27H43N3O2. The van der Waals surface area contributed by atoms with E-state index in [4.69, 9.17) is 0 Å². The Morgan fingerprint density at radius 2 is 1.47 bits per heavy atom. The summed E-state index contributed by atoms with van der Waals surface area (Å²) in [5.74, 6) is 2.11. The lowest BCUT2D eigenvalue weighted by molar-refractivity contribution is -0.138. The van der Waals surface area contributed by atoms with Crippen molar-refractivity contribution in [2.45, 2.75) is 72.3 Å². The molecule has 178 valence electrons. The maximum Gasteiger partial charge on any atom is 0.234 e. The van der Waals surface area contributed by atoms with Gasteiger partial charge in [0.15, 0.2) is 0 Å². The number of nitrogens with zero attached hydrogens (tertiary/aromatic N) is 2. The molecule has 3 rings (SSSR count). The molecule has 1 N–H and O–H groups in total. The second-order valence-electron chi connectivity index (χ2n) is 10.7. The largest absolute Gasteiger partial charge is 0.348 e. The molecule has 32 heavy (non-hydrogen) atoms. The molecule has 5 heteroatoms. The number of rotatable bonds is 7. The highest BCUT2D eigenvalue weighted by Crippen LogP contribution is 2.25. The van der Waals surface area contributed by atoms with Crippen LogP contribution in [0.3, 0.4) is 0 Å². The maximum absolute atomic E-state index is 12.9. The highest BCUT2D eigenvalue weighted by molar-refractivity contribution is 5.80. The molecule has 2 fully saturated rings. The van der Waals surface area contributed by atoms with Gasteiger partial charge in [0.1, 0.15) is 0 Å².